The normalized spacial score (nSPS) is 15.9. The largest absolute Gasteiger partial charge is 0.481 e. The minimum Gasteiger partial charge on any atom is -0.481 e. The third-order valence-corrected chi connectivity index (χ3v) is 20.5. The number of guanidine groups is 1. The van der Waals surface area contributed by atoms with Crippen molar-refractivity contribution < 1.29 is 82.8 Å². The van der Waals surface area contributed by atoms with Gasteiger partial charge in [0.25, 0.3) is 23.3 Å². The summed E-state index contributed by atoms with van der Waals surface area (Å²) in [4.78, 5) is 205. The molecule has 109 heavy (non-hydrogen) atoms. The number of carbonyl (C=O) groups excluding carboxylic acids is 9. The Hall–Kier alpha value is -13.2. The molecule has 1 spiro atoms. The highest BCUT2D eigenvalue weighted by atomic mass is 33.1. The number of anilines is 4. The molecule has 1 saturated carbocycles. The van der Waals surface area contributed by atoms with Crippen molar-refractivity contribution in [1.29, 1.82) is 5.41 Å². The lowest BCUT2D eigenvalue weighted by atomic mass is 9.81. The third-order valence-electron chi connectivity index (χ3n) is 18.1. The highest BCUT2D eigenvalue weighted by molar-refractivity contribution is 8.76. The van der Waals surface area contributed by atoms with Crippen LogP contribution in [0.3, 0.4) is 0 Å². The molecule has 3 aliphatic rings. The summed E-state index contributed by atoms with van der Waals surface area (Å²) in [5.41, 5.74) is 15.8. The fourth-order valence-corrected chi connectivity index (χ4v) is 14.8. The van der Waals surface area contributed by atoms with Gasteiger partial charge in [-0.1, -0.05) is 45.9 Å². The number of fused-ring (bicyclic) bond motifs is 4. The van der Waals surface area contributed by atoms with Crippen LogP contribution in [0.2, 0.25) is 0 Å². The Morgan fingerprint density at radius 2 is 1.28 bits per heavy atom. The zero-order valence-corrected chi connectivity index (χ0v) is 58.9. The Morgan fingerprint density at radius 3 is 1.95 bits per heavy atom. The zero-order chi connectivity index (χ0) is 78.0. The number of likely N-dealkylation sites (tertiary alicyclic amines) is 1. The van der Waals surface area contributed by atoms with Crippen LogP contribution in [-0.2, 0) is 55.1 Å². The molecule has 1 aliphatic heterocycles. The number of nitrogens with two attached hydrogens (primary N) is 2. The highest BCUT2D eigenvalue weighted by Gasteiger charge is 2.67. The van der Waals surface area contributed by atoms with Crippen molar-refractivity contribution in [1.82, 2.24) is 66.7 Å². The van der Waals surface area contributed by atoms with Gasteiger partial charge in [-0.25, -0.2) is 19.6 Å². The van der Waals surface area contributed by atoms with E-state index in [0.29, 0.717) is 62.4 Å². The van der Waals surface area contributed by atoms with E-state index >= 15 is 0 Å². The number of nitrogens with one attached hydrogen (secondary N) is 13. The molecule has 8 aromatic rings. The molecule has 4 aromatic heterocycles. The number of allylic oxidation sites excluding steroid dienone is 2. The number of hydrogen-bond donors (Lipinski definition) is 19. The number of nitrogen functional groups attached to an aromatic ring is 1. The lowest BCUT2D eigenvalue weighted by molar-refractivity contribution is -0.143. The molecule has 37 nitrogen and oxygen atoms in total. The molecule has 5 heterocycles. The average Bonchev–Trinajstić information content (AvgIpc) is 1.50. The van der Waals surface area contributed by atoms with Crippen molar-refractivity contribution in [2.45, 2.75) is 93.5 Å². The van der Waals surface area contributed by atoms with Gasteiger partial charge in [0, 0.05) is 105 Å². The van der Waals surface area contributed by atoms with E-state index in [2.05, 4.69) is 77.8 Å². The SMILES string of the molecule is N=C(N)NCCC[C@H](NC(=O)[C@H](CC(=O)O)NC(=O)CC[C@H](NC(=O)c1ccc(NCc2cnc3nc(N)[nH]c(=O)c3n2)cc1)C(=O)O)C(=O)N[C@@H](CC(=O)O)C(=O)N[C@@H](CSSCCC(=O)Nc1ccc2[nH]c(C(=O)Nc3ccc4[nH]c(C(=O)N5CC6CC67C5=CC(=O)c5ccccc57)cc4c3)cc2c1)C(=O)O. The van der Waals surface area contributed by atoms with Gasteiger partial charge in [0.05, 0.1) is 31.3 Å². The first-order chi connectivity index (χ1) is 52.1. The molecule has 566 valence electrons. The molecule has 2 unspecified atom stereocenters. The molecule has 7 atom stereocenters. The summed E-state index contributed by atoms with van der Waals surface area (Å²) in [6.45, 7) is 0.494. The van der Waals surface area contributed by atoms with Gasteiger partial charge in [-0.3, -0.25) is 67.9 Å². The van der Waals surface area contributed by atoms with E-state index in [1.54, 1.807) is 59.5 Å². The summed E-state index contributed by atoms with van der Waals surface area (Å²) in [5.74, 6) is -14.0. The molecule has 4 aromatic carbocycles. The molecule has 8 amide bonds. The number of aromatic amines is 3. The van der Waals surface area contributed by atoms with Crippen molar-refractivity contribution in [3.8, 4) is 0 Å². The van der Waals surface area contributed by atoms with Gasteiger partial charge in [-0.15, -0.1) is 0 Å². The van der Waals surface area contributed by atoms with E-state index < -0.39 is 133 Å². The van der Waals surface area contributed by atoms with Gasteiger partial charge in [0.15, 0.2) is 22.9 Å². The Labute approximate surface area is 623 Å². The Bertz CT molecular complexity index is 5120. The van der Waals surface area contributed by atoms with Gasteiger partial charge in [-0.05, 0) is 110 Å². The maximum Gasteiger partial charge on any atom is 0.327 e. The first kappa shape index (κ1) is 76.9. The van der Waals surface area contributed by atoms with Crippen LogP contribution in [0, 0.1) is 11.3 Å². The fraction of sp³-hybridized carbons (Fsp3) is 0.286. The summed E-state index contributed by atoms with van der Waals surface area (Å²) in [5, 5.41) is 70.6. The molecule has 0 radical (unpaired) electrons. The predicted molar refractivity (Wildman–Crippen MR) is 396 cm³/mol. The number of aliphatic carboxylic acids is 4. The van der Waals surface area contributed by atoms with Crippen LogP contribution in [0.25, 0.3) is 33.0 Å². The maximum atomic E-state index is 14.0. The minimum atomic E-state index is -1.99. The lowest BCUT2D eigenvalue weighted by Crippen LogP contribution is -2.58. The first-order valence-corrected chi connectivity index (χ1v) is 36.2. The monoisotopic (exact) mass is 1530 g/mol. The standard InChI is InChI=1S/C70H71N19O18S2/c71-68(72)74-18-3-6-44(83-62(100)47(24-55(93)94)82-53(91)16-15-45(66(104)105)84-59(97)32-7-9-36(10-8-32)75-28-39-29-76-58-57(78-39)64(102)88-69(73)87-58)60(98)85-48(25-56(95)96)63(101)86-50(67(106)107)31-109-108-19-17-54(92)77-37-11-13-42-33(20-37)22-46(80-42)61(99)79-38-12-14-43-34(21-38)23-49(81-43)65(103)89-30-35-27-70(35)41-5-2-1-4-40(41)51(90)26-52(70)89/h1-2,4-5,7-14,20-23,26,29,35,44-45,47-48,50,75,80-81H,3,6,15-19,24-25,27-28,30-31H2,(H,77,92)(H,79,99)(H,82,91)(H,83,100)(H,84,97)(H,85,98)(H,86,101)(H,93,94)(H,95,96)(H,104,105)(H,106,107)(H4,71,72,74)(H3,73,76,87,88,102)/t35?,44-,45-,47-,48-,50-,70?/m0/s1. The number of piperidine rings is 1. The average molecular weight is 1530 g/mol. The maximum absolute atomic E-state index is 14.0. The van der Waals surface area contributed by atoms with E-state index in [1.807, 2.05) is 24.3 Å². The predicted octanol–water partition coefficient (Wildman–Crippen LogP) is 2.23. The number of hydrogen-bond acceptors (Lipinski definition) is 22. The summed E-state index contributed by atoms with van der Waals surface area (Å²) in [7, 11) is 2.01. The highest BCUT2D eigenvalue weighted by Crippen LogP contribution is 2.66. The van der Waals surface area contributed by atoms with Crippen LogP contribution in [0.4, 0.5) is 23.0 Å². The smallest absolute Gasteiger partial charge is 0.327 e. The summed E-state index contributed by atoms with van der Waals surface area (Å²) >= 11 is 0. The van der Waals surface area contributed by atoms with Gasteiger partial charge in [0.2, 0.25) is 35.5 Å². The van der Waals surface area contributed by atoms with E-state index in [-0.39, 0.29) is 95.3 Å². The van der Waals surface area contributed by atoms with Crippen molar-refractivity contribution in [3.05, 3.63) is 159 Å². The van der Waals surface area contributed by atoms with Crippen LogP contribution in [0.1, 0.15) is 104 Å². The van der Waals surface area contributed by atoms with Gasteiger partial charge in [0.1, 0.15) is 41.6 Å². The number of ketones is 1. The molecule has 11 rings (SSSR count). The molecule has 21 N–H and O–H groups in total. The second-order valence-corrected chi connectivity index (χ2v) is 28.3. The molecule has 1 saturated heterocycles. The Balaban J connectivity index is 0.625. The number of aromatic nitrogens is 6. The molecule has 2 aliphatic carbocycles. The zero-order valence-electron chi connectivity index (χ0n) is 57.3. The first-order valence-electron chi connectivity index (χ1n) is 33.7. The van der Waals surface area contributed by atoms with E-state index in [9.17, 15) is 87.5 Å². The molecular weight excluding hydrogens is 1460 g/mol. The van der Waals surface area contributed by atoms with Gasteiger partial charge >= 0.3 is 23.9 Å². The van der Waals surface area contributed by atoms with Crippen molar-refractivity contribution in [2.24, 2.45) is 11.7 Å². The summed E-state index contributed by atoms with van der Waals surface area (Å²) in [6, 6.07) is 17.6. The van der Waals surface area contributed by atoms with Crippen LogP contribution < -0.4 is 64.9 Å². The van der Waals surface area contributed by atoms with Crippen molar-refractivity contribution >= 4 is 160 Å². The number of carboxylic acids is 4. The van der Waals surface area contributed by atoms with Crippen molar-refractivity contribution in [2.75, 3.05) is 46.3 Å². The lowest BCUT2D eigenvalue weighted by Gasteiger charge is -2.29. The number of benzene rings is 4. The number of nitrogens with zero attached hydrogens (tertiary/aromatic N) is 4. The number of carbonyl (C=O) groups is 13. The van der Waals surface area contributed by atoms with Crippen LogP contribution in [0.15, 0.2) is 120 Å². The number of rotatable bonds is 35. The molecule has 0 bridgehead atoms. The fourth-order valence-electron chi connectivity index (χ4n) is 12.7. The second-order valence-electron chi connectivity index (χ2n) is 25.7. The number of carboxylic acid groups (broad SMARTS) is 4. The topological polar surface area (TPSA) is 593 Å². The summed E-state index contributed by atoms with van der Waals surface area (Å²) in [6.07, 6.45) is -0.146. The third kappa shape index (κ3) is 18.7. The van der Waals surface area contributed by atoms with E-state index in [4.69, 9.17) is 16.9 Å². The number of amides is 8. The van der Waals surface area contributed by atoms with Gasteiger partial charge < -0.3 is 94.6 Å². The van der Waals surface area contributed by atoms with Crippen LogP contribution >= 0.6 is 21.6 Å². The van der Waals surface area contributed by atoms with E-state index in [1.165, 1.54) is 30.5 Å². The Kier molecular flexibility index (Phi) is 23.6. The molecule has 2 fully saturated rings. The van der Waals surface area contributed by atoms with E-state index in [0.717, 1.165) is 39.3 Å². The minimum absolute atomic E-state index is 0.00240. The Morgan fingerprint density at radius 1 is 0.651 bits per heavy atom. The van der Waals surface area contributed by atoms with Crippen LogP contribution in [0.5, 0.6) is 0 Å². The van der Waals surface area contributed by atoms with Crippen molar-refractivity contribution in [3.63, 3.8) is 0 Å². The number of H-pyrrole nitrogens is 3. The molecule has 39 heteroatoms. The second kappa shape index (κ2) is 33.5. The van der Waals surface area contributed by atoms with Gasteiger partial charge in [-0.2, -0.15) is 4.98 Å². The summed E-state index contributed by atoms with van der Waals surface area (Å²) < 4.78 is 0. The molecular formula is C70H71N19O18S2. The quantitative estimate of drug-likeness (QED) is 0.0117. The van der Waals surface area contributed by atoms with Crippen LogP contribution in [-0.4, -0.2) is 193 Å².